The van der Waals surface area contributed by atoms with Gasteiger partial charge in [-0.2, -0.15) is 0 Å². The summed E-state index contributed by atoms with van der Waals surface area (Å²) in [6.45, 7) is 0.127. The largest absolute Gasteiger partial charge is 0.380 e. The van der Waals surface area contributed by atoms with Gasteiger partial charge in [0.25, 0.3) is 5.54 Å². The minimum atomic E-state index is -1.55. The second-order valence-corrected chi connectivity index (χ2v) is 5.36. The Kier molecular flexibility index (Phi) is 3.14. The Morgan fingerprint density at radius 1 is 1.19 bits per heavy atom. The van der Waals surface area contributed by atoms with Crippen molar-refractivity contribution in [3.8, 4) is 0 Å². The molecule has 0 radical (unpaired) electrons. The van der Waals surface area contributed by atoms with Crippen LogP contribution in [0.4, 0.5) is 5.69 Å². The average molecular weight is 284 g/mol. The summed E-state index contributed by atoms with van der Waals surface area (Å²) in [5, 5.41) is 22.6. The molecule has 0 fully saturated rings. The maximum absolute atomic E-state index is 11.9. The van der Waals surface area contributed by atoms with E-state index in [0.717, 1.165) is 5.69 Å². The Morgan fingerprint density at radius 3 is 2.48 bits per heavy atom. The maximum atomic E-state index is 11.9. The van der Waals surface area contributed by atoms with Gasteiger partial charge in [-0.1, -0.05) is 48.5 Å². The van der Waals surface area contributed by atoms with Gasteiger partial charge in [0.1, 0.15) is 0 Å². The molecule has 0 bridgehead atoms. The molecule has 2 aromatic carbocycles. The highest BCUT2D eigenvalue weighted by Crippen LogP contribution is 2.46. The lowest BCUT2D eigenvalue weighted by Crippen LogP contribution is -2.53. The smallest absolute Gasteiger partial charge is 0.293 e. The predicted molar refractivity (Wildman–Crippen MR) is 79.8 cm³/mol. The molecule has 2 unspecified atom stereocenters. The number of benzene rings is 2. The van der Waals surface area contributed by atoms with Crippen LogP contribution in [0.25, 0.3) is 0 Å². The van der Waals surface area contributed by atoms with Gasteiger partial charge in [0.15, 0.2) is 6.10 Å². The van der Waals surface area contributed by atoms with Gasteiger partial charge in [0, 0.05) is 28.8 Å². The highest BCUT2D eigenvalue weighted by molar-refractivity contribution is 5.58. The van der Waals surface area contributed by atoms with Crippen molar-refractivity contribution in [2.75, 3.05) is 18.5 Å². The zero-order valence-corrected chi connectivity index (χ0v) is 11.6. The summed E-state index contributed by atoms with van der Waals surface area (Å²) in [7, 11) is 1.81. The molecule has 0 spiro atoms. The van der Waals surface area contributed by atoms with E-state index in [4.69, 9.17) is 0 Å². The standard InChI is InChI=1S/C16H16N2O3/c1-17-11-16(18(20)21,12-7-3-2-4-8-12)15(19)13-9-5-6-10-14(13)17/h2-10,15,19H,11H2,1H3. The van der Waals surface area contributed by atoms with E-state index in [1.54, 1.807) is 36.4 Å². The van der Waals surface area contributed by atoms with Gasteiger partial charge in [0.2, 0.25) is 0 Å². The minimum Gasteiger partial charge on any atom is -0.380 e. The van der Waals surface area contributed by atoms with Gasteiger partial charge < -0.3 is 10.0 Å². The molecule has 108 valence electrons. The van der Waals surface area contributed by atoms with Crippen molar-refractivity contribution in [3.05, 3.63) is 75.8 Å². The van der Waals surface area contributed by atoms with Crippen molar-refractivity contribution >= 4 is 5.69 Å². The number of hydrogen-bond acceptors (Lipinski definition) is 4. The lowest BCUT2D eigenvalue weighted by molar-refractivity contribution is -0.592. The zero-order chi connectivity index (χ0) is 15.0. The molecule has 5 heteroatoms. The summed E-state index contributed by atoms with van der Waals surface area (Å²) < 4.78 is 0. The first-order valence-electron chi connectivity index (χ1n) is 6.75. The van der Waals surface area contributed by atoms with E-state index in [1.807, 2.05) is 30.1 Å². The van der Waals surface area contributed by atoms with Crippen LogP contribution in [-0.4, -0.2) is 23.6 Å². The molecular weight excluding hydrogens is 268 g/mol. The topological polar surface area (TPSA) is 66.6 Å². The summed E-state index contributed by atoms with van der Waals surface area (Å²) in [6.07, 6.45) is -1.18. The van der Waals surface area contributed by atoms with Crippen LogP contribution >= 0.6 is 0 Å². The highest BCUT2D eigenvalue weighted by Gasteiger charge is 2.56. The fourth-order valence-electron chi connectivity index (χ4n) is 3.10. The number of nitrogens with zero attached hydrogens (tertiary/aromatic N) is 2. The SMILES string of the molecule is CN1CC(c2ccccc2)([N+](=O)[O-])C(O)c2ccccc21. The molecule has 0 saturated carbocycles. The molecular formula is C16H16N2O3. The summed E-state index contributed by atoms with van der Waals surface area (Å²) in [6, 6.07) is 16.0. The third-order valence-electron chi connectivity index (χ3n) is 4.17. The number of anilines is 1. The normalized spacial score (nSPS) is 24.5. The van der Waals surface area contributed by atoms with E-state index < -0.39 is 11.6 Å². The number of aliphatic hydroxyl groups excluding tert-OH is 1. The third kappa shape index (κ3) is 1.89. The third-order valence-corrected chi connectivity index (χ3v) is 4.17. The highest BCUT2D eigenvalue weighted by atomic mass is 16.6. The maximum Gasteiger partial charge on any atom is 0.293 e. The first-order chi connectivity index (χ1) is 10.1. The van der Waals surface area contributed by atoms with E-state index in [-0.39, 0.29) is 11.5 Å². The number of fused-ring (bicyclic) bond motifs is 1. The Bertz CT molecular complexity index is 674. The van der Waals surface area contributed by atoms with Crippen molar-refractivity contribution in [3.63, 3.8) is 0 Å². The fourth-order valence-corrected chi connectivity index (χ4v) is 3.10. The summed E-state index contributed by atoms with van der Waals surface area (Å²) in [5.41, 5.74) is 0.388. The van der Waals surface area contributed by atoms with Crippen LogP contribution < -0.4 is 4.90 Å². The van der Waals surface area contributed by atoms with Crippen molar-refractivity contribution in [1.29, 1.82) is 0 Å². The van der Waals surface area contributed by atoms with Crippen molar-refractivity contribution in [2.45, 2.75) is 11.6 Å². The average Bonchev–Trinajstić information content (AvgIpc) is 2.51. The van der Waals surface area contributed by atoms with Gasteiger partial charge in [-0.3, -0.25) is 10.1 Å². The van der Waals surface area contributed by atoms with Crippen molar-refractivity contribution in [2.24, 2.45) is 0 Å². The quantitative estimate of drug-likeness (QED) is 0.679. The van der Waals surface area contributed by atoms with Crippen LogP contribution in [0, 0.1) is 10.1 Å². The predicted octanol–water partition coefficient (Wildman–Crippen LogP) is 2.34. The van der Waals surface area contributed by atoms with Gasteiger partial charge >= 0.3 is 0 Å². The lowest BCUT2D eigenvalue weighted by atomic mass is 9.78. The van der Waals surface area contributed by atoms with E-state index in [0.29, 0.717) is 11.1 Å². The van der Waals surface area contributed by atoms with Crippen LogP contribution in [0.15, 0.2) is 54.6 Å². The molecule has 0 aliphatic carbocycles. The van der Waals surface area contributed by atoms with E-state index in [1.165, 1.54) is 0 Å². The second-order valence-electron chi connectivity index (χ2n) is 5.36. The molecule has 1 heterocycles. The monoisotopic (exact) mass is 284 g/mol. The Morgan fingerprint density at radius 2 is 1.81 bits per heavy atom. The fraction of sp³-hybridized carbons (Fsp3) is 0.250. The number of rotatable bonds is 2. The first kappa shape index (κ1) is 13.6. The number of aliphatic hydroxyl groups is 1. The van der Waals surface area contributed by atoms with Crippen LogP contribution in [0.5, 0.6) is 0 Å². The molecule has 5 nitrogen and oxygen atoms in total. The summed E-state index contributed by atoms with van der Waals surface area (Å²) in [5.74, 6) is 0. The molecule has 0 saturated heterocycles. The first-order valence-corrected chi connectivity index (χ1v) is 6.75. The Balaban J connectivity index is 2.22. The molecule has 1 aliphatic heterocycles. The van der Waals surface area contributed by atoms with Crippen molar-refractivity contribution in [1.82, 2.24) is 0 Å². The lowest BCUT2D eigenvalue weighted by Gasteiger charge is -2.40. The Hall–Kier alpha value is -2.40. The molecule has 21 heavy (non-hydrogen) atoms. The molecule has 1 aliphatic rings. The van der Waals surface area contributed by atoms with Crippen LogP contribution in [0.3, 0.4) is 0 Å². The van der Waals surface area contributed by atoms with Crippen molar-refractivity contribution < 1.29 is 10.0 Å². The van der Waals surface area contributed by atoms with E-state index >= 15 is 0 Å². The van der Waals surface area contributed by atoms with Crippen LogP contribution in [-0.2, 0) is 5.54 Å². The molecule has 3 rings (SSSR count). The van der Waals surface area contributed by atoms with Gasteiger partial charge in [-0.15, -0.1) is 0 Å². The summed E-state index contributed by atoms with van der Waals surface area (Å²) in [4.78, 5) is 13.3. The number of hydrogen-bond donors (Lipinski definition) is 1. The minimum absolute atomic E-state index is 0.127. The second kappa shape index (κ2) is 4.86. The van der Waals surface area contributed by atoms with Crippen LogP contribution in [0.1, 0.15) is 17.2 Å². The number of para-hydroxylation sites is 1. The summed E-state index contributed by atoms with van der Waals surface area (Å²) >= 11 is 0. The molecule has 1 N–H and O–H groups in total. The van der Waals surface area contributed by atoms with E-state index in [2.05, 4.69) is 0 Å². The zero-order valence-electron chi connectivity index (χ0n) is 11.6. The molecule has 0 aromatic heterocycles. The van der Waals surface area contributed by atoms with E-state index in [9.17, 15) is 15.2 Å². The molecule has 0 amide bonds. The Labute approximate surface area is 122 Å². The van der Waals surface area contributed by atoms with Gasteiger partial charge in [-0.25, -0.2) is 0 Å². The molecule has 2 aromatic rings. The number of likely N-dealkylation sites (N-methyl/N-ethyl adjacent to an activating group) is 1. The van der Waals surface area contributed by atoms with Gasteiger partial charge in [-0.05, 0) is 6.07 Å². The number of nitro groups is 1. The van der Waals surface area contributed by atoms with Gasteiger partial charge in [0.05, 0.1) is 6.54 Å². The molecule has 2 atom stereocenters. The van der Waals surface area contributed by atoms with Crippen LogP contribution in [0.2, 0.25) is 0 Å².